The smallest absolute Gasteiger partial charge is 0.238 e. The minimum atomic E-state index is -3.73. The molecule has 112 valence electrons. The Morgan fingerprint density at radius 1 is 1.29 bits per heavy atom. The Bertz CT molecular complexity index is 778. The number of nitrogens with two attached hydrogens (primary N) is 1. The summed E-state index contributed by atoms with van der Waals surface area (Å²) in [4.78, 5) is 0.0271. The molecule has 0 saturated heterocycles. The normalized spacial score (nSPS) is 11.4. The van der Waals surface area contributed by atoms with Gasteiger partial charge in [0.25, 0.3) is 0 Å². The molecule has 2 aromatic carbocycles. The lowest BCUT2D eigenvalue weighted by atomic mass is 10.2. The fourth-order valence-electron chi connectivity index (χ4n) is 1.78. The molecule has 0 heterocycles. The van der Waals surface area contributed by atoms with Gasteiger partial charge < -0.3 is 4.74 Å². The summed E-state index contributed by atoms with van der Waals surface area (Å²) in [6.07, 6.45) is 0. The predicted molar refractivity (Wildman–Crippen MR) is 81.0 cm³/mol. The molecule has 7 heteroatoms. The van der Waals surface area contributed by atoms with E-state index in [-0.39, 0.29) is 17.3 Å². The summed E-state index contributed by atoms with van der Waals surface area (Å²) in [6, 6.07) is 9.02. The van der Waals surface area contributed by atoms with Gasteiger partial charge >= 0.3 is 0 Å². The maximum absolute atomic E-state index is 13.4. The van der Waals surface area contributed by atoms with Crippen molar-refractivity contribution in [3.8, 4) is 5.75 Å². The first-order valence-corrected chi connectivity index (χ1v) is 8.32. The van der Waals surface area contributed by atoms with Crippen molar-refractivity contribution in [1.82, 2.24) is 0 Å². The first kappa shape index (κ1) is 15.9. The van der Waals surface area contributed by atoms with E-state index < -0.39 is 10.0 Å². The van der Waals surface area contributed by atoms with Crippen LogP contribution in [-0.4, -0.2) is 8.42 Å². The van der Waals surface area contributed by atoms with Crippen molar-refractivity contribution in [3.63, 3.8) is 0 Å². The van der Waals surface area contributed by atoms with E-state index >= 15 is 0 Å². The van der Waals surface area contributed by atoms with Gasteiger partial charge in [0.15, 0.2) is 0 Å². The van der Waals surface area contributed by atoms with Gasteiger partial charge in [-0.05, 0) is 52.7 Å². The number of aryl methyl sites for hydroxylation is 1. The topological polar surface area (TPSA) is 69.4 Å². The van der Waals surface area contributed by atoms with Crippen LogP contribution in [0.15, 0.2) is 45.8 Å². The molecule has 0 spiro atoms. The number of halogens is 2. The molecule has 0 aliphatic carbocycles. The van der Waals surface area contributed by atoms with E-state index in [1.807, 2.05) is 0 Å². The van der Waals surface area contributed by atoms with E-state index in [9.17, 15) is 12.8 Å². The van der Waals surface area contributed by atoms with Crippen molar-refractivity contribution < 1.29 is 17.5 Å². The summed E-state index contributed by atoms with van der Waals surface area (Å²) >= 11 is 3.16. The van der Waals surface area contributed by atoms with Gasteiger partial charge in [-0.2, -0.15) is 0 Å². The Hall–Kier alpha value is -1.44. The van der Waals surface area contributed by atoms with Crippen LogP contribution >= 0.6 is 15.9 Å². The average molecular weight is 374 g/mol. The Balaban J connectivity index is 2.19. The third-order valence-electron chi connectivity index (χ3n) is 2.89. The van der Waals surface area contributed by atoms with Gasteiger partial charge in [-0.1, -0.05) is 12.1 Å². The van der Waals surface area contributed by atoms with Gasteiger partial charge in [0.1, 0.15) is 18.2 Å². The minimum Gasteiger partial charge on any atom is -0.489 e. The maximum Gasteiger partial charge on any atom is 0.238 e. The van der Waals surface area contributed by atoms with Crippen molar-refractivity contribution in [2.75, 3.05) is 0 Å². The molecule has 0 saturated carbocycles. The summed E-state index contributed by atoms with van der Waals surface area (Å²) in [7, 11) is -3.73. The molecule has 0 amide bonds. The van der Waals surface area contributed by atoms with Crippen LogP contribution in [0.1, 0.15) is 11.1 Å². The molecule has 0 aliphatic heterocycles. The largest absolute Gasteiger partial charge is 0.489 e. The van der Waals surface area contributed by atoms with E-state index in [0.717, 1.165) is 0 Å². The average Bonchev–Trinajstić information content (AvgIpc) is 2.40. The highest BCUT2D eigenvalue weighted by molar-refractivity contribution is 9.10. The van der Waals surface area contributed by atoms with Crippen LogP contribution in [0, 0.1) is 12.7 Å². The molecule has 0 radical (unpaired) electrons. The van der Waals surface area contributed by atoms with E-state index in [2.05, 4.69) is 15.9 Å². The monoisotopic (exact) mass is 373 g/mol. The molecule has 2 rings (SSSR count). The van der Waals surface area contributed by atoms with E-state index in [1.165, 1.54) is 24.3 Å². The number of benzene rings is 2. The third kappa shape index (κ3) is 3.81. The van der Waals surface area contributed by atoms with E-state index in [1.54, 1.807) is 19.1 Å². The molecule has 2 N–H and O–H groups in total. The van der Waals surface area contributed by atoms with Crippen LogP contribution in [0.3, 0.4) is 0 Å². The third-order valence-corrected chi connectivity index (χ3v) is 4.69. The highest BCUT2D eigenvalue weighted by atomic mass is 79.9. The van der Waals surface area contributed by atoms with Crippen LogP contribution in [0.4, 0.5) is 4.39 Å². The number of sulfonamides is 1. The lowest BCUT2D eigenvalue weighted by molar-refractivity contribution is 0.302. The van der Waals surface area contributed by atoms with Gasteiger partial charge in [-0.3, -0.25) is 0 Å². The number of primary sulfonamides is 1. The van der Waals surface area contributed by atoms with Gasteiger partial charge in [-0.25, -0.2) is 17.9 Å². The molecule has 0 aromatic heterocycles. The number of hydrogen-bond acceptors (Lipinski definition) is 3. The van der Waals surface area contributed by atoms with Crippen molar-refractivity contribution in [1.29, 1.82) is 0 Å². The van der Waals surface area contributed by atoms with Gasteiger partial charge in [0.05, 0.1) is 9.37 Å². The Morgan fingerprint density at radius 3 is 2.62 bits per heavy atom. The molecule has 0 atom stereocenters. The molecule has 21 heavy (non-hydrogen) atoms. The second-order valence-electron chi connectivity index (χ2n) is 4.47. The van der Waals surface area contributed by atoms with Crippen LogP contribution < -0.4 is 9.88 Å². The summed E-state index contributed by atoms with van der Waals surface area (Å²) in [6.45, 7) is 1.87. The summed E-state index contributed by atoms with van der Waals surface area (Å²) in [5.41, 5.74) is 1.29. The van der Waals surface area contributed by atoms with Crippen LogP contribution in [0.5, 0.6) is 5.75 Å². The lowest BCUT2D eigenvalue weighted by Gasteiger charge is -2.11. The Morgan fingerprint density at radius 2 is 2.00 bits per heavy atom. The molecule has 0 aliphatic rings. The maximum atomic E-state index is 13.4. The molecule has 2 aromatic rings. The summed E-state index contributed by atoms with van der Waals surface area (Å²) < 4.78 is 41.8. The Labute approximate surface area is 130 Å². The van der Waals surface area contributed by atoms with Gasteiger partial charge in [-0.15, -0.1) is 0 Å². The van der Waals surface area contributed by atoms with Crippen LogP contribution in [0.2, 0.25) is 0 Å². The molecular formula is C14H13BrFNO3S. The molecular weight excluding hydrogens is 361 g/mol. The first-order valence-electron chi connectivity index (χ1n) is 5.98. The molecule has 0 unspecified atom stereocenters. The standard InChI is InChI=1S/C14H13BrFNO3S/c1-9-7-11(21(17,18)19)5-6-13(9)20-8-10-3-2-4-12(16)14(10)15/h2-7H,8H2,1H3,(H2,17,18,19). The Kier molecular flexibility index (Phi) is 4.65. The zero-order chi connectivity index (χ0) is 15.6. The lowest BCUT2D eigenvalue weighted by Crippen LogP contribution is -2.12. The zero-order valence-corrected chi connectivity index (χ0v) is 13.5. The number of hydrogen-bond donors (Lipinski definition) is 1. The van der Waals surface area contributed by atoms with Crippen molar-refractivity contribution in [2.45, 2.75) is 18.4 Å². The van der Waals surface area contributed by atoms with Gasteiger partial charge in [0, 0.05) is 5.56 Å². The van der Waals surface area contributed by atoms with E-state index in [4.69, 9.17) is 9.88 Å². The number of rotatable bonds is 4. The fraction of sp³-hybridized carbons (Fsp3) is 0.143. The van der Waals surface area contributed by atoms with Crippen molar-refractivity contribution in [3.05, 3.63) is 57.8 Å². The number of ether oxygens (including phenoxy) is 1. The van der Waals surface area contributed by atoms with E-state index in [0.29, 0.717) is 21.3 Å². The first-order chi connectivity index (χ1) is 9.79. The highest BCUT2D eigenvalue weighted by Gasteiger charge is 2.11. The van der Waals surface area contributed by atoms with Crippen LogP contribution in [-0.2, 0) is 16.6 Å². The summed E-state index contributed by atoms with van der Waals surface area (Å²) in [5, 5.41) is 5.06. The minimum absolute atomic E-state index is 0.0271. The second-order valence-corrected chi connectivity index (χ2v) is 6.83. The fourth-order valence-corrected chi connectivity index (χ4v) is 2.75. The van der Waals surface area contributed by atoms with Gasteiger partial charge in [0.2, 0.25) is 10.0 Å². The molecule has 4 nitrogen and oxygen atoms in total. The molecule has 0 bridgehead atoms. The quantitative estimate of drug-likeness (QED) is 0.894. The zero-order valence-electron chi connectivity index (χ0n) is 11.1. The second kappa shape index (κ2) is 6.13. The van der Waals surface area contributed by atoms with Crippen LogP contribution in [0.25, 0.3) is 0 Å². The molecule has 0 fully saturated rings. The highest BCUT2D eigenvalue weighted by Crippen LogP contribution is 2.25. The summed E-state index contributed by atoms with van der Waals surface area (Å²) in [5.74, 6) is 0.149. The predicted octanol–water partition coefficient (Wildman–Crippen LogP) is 3.12. The SMILES string of the molecule is Cc1cc(S(N)(=O)=O)ccc1OCc1cccc(F)c1Br. The van der Waals surface area contributed by atoms with Crippen molar-refractivity contribution in [2.24, 2.45) is 5.14 Å². The van der Waals surface area contributed by atoms with Crippen molar-refractivity contribution >= 4 is 26.0 Å².